The maximum absolute atomic E-state index is 12.0. The van der Waals surface area contributed by atoms with E-state index in [0.717, 1.165) is 15.6 Å². The highest BCUT2D eigenvalue weighted by Gasteiger charge is 2.12. The summed E-state index contributed by atoms with van der Waals surface area (Å²) >= 11 is 3.30. The number of rotatable bonds is 7. The van der Waals surface area contributed by atoms with Gasteiger partial charge in [0.15, 0.2) is 12.4 Å². The van der Waals surface area contributed by atoms with Crippen molar-refractivity contribution in [3.05, 3.63) is 63.6 Å². The molecule has 6 heteroatoms. The minimum atomic E-state index is -0.578. The molecule has 26 heavy (non-hydrogen) atoms. The number of esters is 1. The molecule has 0 bridgehead atoms. The number of Topliss-reactive ketones (excluding diaryl/α,β-unsaturated/α-hetero) is 1. The van der Waals surface area contributed by atoms with Gasteiger partial charge in [-0.2, -0.15) is 0 Å². The Balaban J connectivity index is 1.73. The van der Waals surface area contributed by atoms with Gasteiger partial charge in [0.2, 0.25) is 0 Å². The van der Waals surface area contributed by atoms with E-state index < -0.39 is 11.9 Å². The molecule has 0 radical (unpaired) electrons. The number of nitrogens with one attached hydrogen (secondary N) is 1. The predicted molar refractivity (Wildman–Crippen MR) is 103 cm³/mol. The molecule has 136 valence electrons. The van der Waals surface area contributed by atoms with Crippen LogP contribution in [-0.4, -0.2) is 24.3 Å². The van der Waals surface area contributed by atoms with E-state index in [-0.39, 0.29) is 25.2 Å². The summed E-state index contributed by atoms with van der Waals surface area (Å²) in [6.07, 6.45) is -0.0228. The van der Waals surface area contributed by atoms with Gasteiger partial charge in [0, 0.05) is 22.1 Å². The number of carbonyl (C=O) groups excluding carboxylic acids is 3. The molecule has 0 aromatic heterocycles. The molecular weight excluding hydrogens is 398 g/mol. The molecule has 0 atom stereocenters. The van der Waals surface area contributed by atoms with Gasteiger partial charge < -0.3 is 10.1 Å². The number of aryl methyl sites for hydroxylation is 2. The standard InChI is InChI=1S/C20H20BrNO4/c1-13-3-8-17(11-14(13)2)22-19(24)12-26-20(25)10-9-18(23)15-4-6-16(21)7-5-15/h3-8,11H,9-10,12H2,1-2H3,(H,22,24). The molecule has 0 spiro atoms. The third kappa shape index (κ3) is 6.11. The van der Waals surface area contributed by atoms with Crippen molar-refractivity contribution in [2.45, 2.75) is 26.7 Å². The second-order valence-electron chi connectivity index (χ2n) is 5.94. The van der Waals surface area contributed by atoms with Crippen LogP contribution in [0.4, 0.5) is 5.69 Å². The number of ketones is 1. The van der Waals surface area contributed by atoms with Crippen molar-refractivity contribution in [2.75, 3.05) is 11.9 Å². The van der Waals surface area contributed by atoms with Gasteiger partial charge in [-0.1, -0.05) is 34.1 Å². The molecule has 1 amide bonds. The zero-order chi connectivity index (χ0) is 19.1. The fourth-order valence-corrected chi connectivity index (χ4v) is 2.49. The number of carbonyl (C=O) groups is 3. The fraction of sp³-hybridized carbons (Fsp3) is 0.250. The Bertz CT molecular complexity index is 815. The molecule has 0 heterocycles. The van der Waals surface area contributed by atoms with Gasteiger partial charge in [0.1, 0.15) is 0 Å². The van der Waals surface area contributed by atoms with Gasteiger partial charge in [-0.15, -0.1) is 0 Å². The average Bonchev–Trinajstić information content (AvgIpc) is 2.61. The molecular formula is C20H20BrNO4. The lowest BCUT2D eigenvalue weighted by Crippen LogP contribution is -2.21. The second-order valence-corrected chi connectivity index (χ2v) is 6.85. The first-order valence-electron chi connectivity index (χ1n) is 8.16. The number of hydrogen-bond donors (Lipinski definition) is 1. The van der Waals surface area contributed by atoms with E-state index in [1.54, 1.807) is 30.3 Å². The van der Waals surface area contributed by atoms with Crippen LogP contribution < -0.4 is 5.32 Å². The quantitative estimate of drug-likeness (QED) is 0.540. The maximum atomic E-state index is 12.0. The number of anilines is 1. The Labute approximate surface area is 160 Å². The lowest BCUT2D eigenvalue weighted by atomic mass is 10.1. The molecule has 0 aliphatic heterocycles. The SMILES string of the molecule is Cc1ccc(NC(=O)COC(=O)CCC(=O)c2ccc(Br)cc2)cc1C. The zero-order valence-electron chi connectivity index (χ0n) is 14.7. The number of amides is 1. The summed E-state index contributed by atoms with van der Waals surface area (Å²) in [4.78, 5) is 35.6. The molecule has 0 unspecified atom stereocenters. The Morgan fingerprint density at radius 1 is 0.962 bits per heavy atom. The number of ether oxygens (including phenoxy) is 1. The Kier molecular flexibility index (Phi) is 7.09. The van der Waals surface area contributed by atoms with Crippen LogP contribution in [0.3, 0.4) is 0 Å². The van der Waals surface area contributed by atoms with Crippen molar-refractivity contribution in [2.24, 2.45) is 0 Å². The van der Waals surface area contributed by atoms with Crippen LogP contribution in [-0.2, 0) is 14.3 Å². The minimum Gasteiger partial charge on any atom is -0.456 e. The molecule has 0 aliphatic carbocycles. The van der Waals surface area contributed by atoms with Crippen LogP contribution in [0.1, 0.15) is 34.3 Å². The zero-order valence-corrected chi connectivity index (χ0v) is 16.3. The number of benzene rings is 2. The maximum Gasteiger partial charge on any atom is 0.306 e. The van der Waals surface area contributed by atoms with Crippen molar-refractivity contribution < 1.29 is 19.1 Å². The molecule has 2 rings (SSSR count). The molecule has 5 nitrogen and oxygen atoms in total. The number of hydrogen-bond acceptors (Lipinski definition) is 4. The van der Waals surface area contributed by atoms with Gasteiger partial charge in [0.25, 0.3) is 5.91 Å². The van der Waals surface area contributed by atoms with Gasteiger partial charge in [-0.3, -0.25) is 14.4 Å². The average molecular weight is 418 g/mol. The second kappa shape index (κ2) is 9.29. The van der Waals surface area contributed by atoms with E-state index in [4.69, 9.17) is 4.74 Å². The molecule has 0 saturated heterocycles. The minimum absolute atomic E-state index is 0.0409. The van der Waals surface area contributed by atoms with Crippen LogP contribution in [0.5, 0.6) is 0 Å². The molecule has 0 aliphatic rings. The summed E-state index contributed by atoms with van der Waals surface area (Å²) in [6, 6.07) is 12.5. The van der Waals surface area contributed by atoms with Gasteiger partial charge in [-0.05, 0) is 49.2 Å². The molecule has 2 aromatic carbocycles. The fourth-order valence-electron chi connectivity index (χ4n) is 2.23. The molecule has 0 fully saturated rings. The summed E-state index contributed by atoms with van der Waals surface area (Å²) < 4.78 is 5.80. The third-order valence-corrected chi connectivity index (χ3v) is 4.41. The topological polar surface area (TPSA) is 72.5 Å². The van der Waals surface area contributed by atoms with Crippen molar-refractivity contribution in [1.82, 2.24) is 0 Å². The first-order chi connectivity index (χ1) is 12.3. The van der Waals surface area contributed by atoms with E-state index in [2.05, 4.69) is 21.2 Å². The van der Waals surface area contributed by atoms with E-state index in [1.165, 1.54) is 0 Å². The van der Waals surface area contributed by atoms with Crippen LogP contribution in [0, 0.1) is 13.8 Å². The van der Waals surface area contributed by atoms with E-state index in [1.807, 2.05) is 26.0 Å². The van der Waals surface area contributed by atoms with Crippen LogP contribution in [0.2, 0.25) is 0 Å². The van der Waals surface area contributed by atoms with Crippen molar-refractivity contribution in [3.8, 4) is 0 Å². The van der Waals surface area contributed by atoms with Crippen molar-refractivity contribution in [1.29, 1.82) is 0 Å². The largest absolute Gasteiger partial charge is 0.456 e. The highest BCUT2D eigenvalue weighted by molar-refractivity contribution is 9.10. The lowest BCUT2D eigenvalue weighted by molar-refractivity contribution is -0.147. The van der Waals surface area contributed by atoms with Crippen LogP contribution in [0.25, 0.3) is 0 Å². The van der Waals surface area contributed by atoms with Crippen LogP contribution in [0.15, 0.2) is 46.9 Å². The lowest BCUT2D eigenvalue weighted by Gasteiger charge is -2.08. The van der Waals surface area contributed by atoms with E-state index in [0.29, 0.717) is 11.3 Å². The first-order valence-corrected chi connectivity index (χ1v) is 8.96. The van der Waals surface area contributed by atoms with E-state index in [9.17, 15) is 14.4 Å². The Hall–Kier alpha value is -2.47. The van der Waals surface area contributed by atoms with Gasteiger partial charge in [0.05, 0.1) is 6.42 Å². The van der Waals surface area contributed by atoms with Crippen LogP contribution >= 0.6 is 15.9 Å². The number of halogens is 1. The molecule has 0 saturated carbocycles. The summed E-state index contributed by atoms with van der Waals surface area (Å²) in [5.74, 6) is -1.14. The molecule has 1 N–H and O–H groups in total. The summed E-state index contributed by atoms with van der Waals surface area (Å²) in [5, 5.41) is 2.67. The Morgan fingerprint density at radius 3 is 2.31 bits per heavy atom. The van der Waals surface area contributed by atoms with Gasteiger partial charge >= 0.3 is 5.97 Å². The monoisotopic (exact) mass is 417 g/mol. The third-order valence-electron chi connectivity index (χ3n) is 3.88. The summed E-state index contributed by atoms with van der Waals surface area (Å²) in [6.45, 7) is 3.56. The first kappa shape index (κ1) is 19.8. The van der Waals surface area contributed by atoms with Crippen molar-refractivity contribution >= 4 is 39.3 Å². The van der Waals surface area contributed by atoms with E-state index >= 15 is 0 Å². The predicted octanol–water partition coefficient (Wildman–Crippen LogP) is 4.21. The van der Waals surface area contributed by atoms with Crippen molar-refractivity contribution in [3.63, 3.8) is 0 Å². The smallest absolute Gasteiger partial charge is 0.306 e. The highest BCUT2D eigenvalue weighted by atomic mass is 79.9. The normalized spacial score (nSPS) is 10.3. The van der Waals surface area contributed by atoms with Gasteiger partial charge in [-0.25, -0.2) is 0 Å². The highest BCUT2D eigenvalue weighted by Crippen LogP contribution is 2.14. The summed E-state index contributed by atoms with van der Waals surface area (Å²) in [5.41, 5.74) is 3.38. The Morgan fingerprint density at radius 2 is 1.65 bits per heavy atom. The summed E-state index contributed by atoms with van der Waals surface area (Å²) in [7, 11) is 0. The molecule has 2 aromatic rings.